The normalized spacial score (nSPS) is 22.0. The number of thiophene rings is 5. The van der Waals surface area contributed by atoms with Gasteiger partial charge in [-0.05, 0) is 130 Å². The van der Waals surface area contributed by atoms with Crippen LogP contribution in [-0.4, -0.2) is 137 Å². The number of amides is 5. The minimum atomic E-state index is -0.986. The number of likely N-dealkylation sites (tertiary alicyclic amines) is 1. The first kappa shape index (κ1) is 98.1. The SMILES string of the molecule is CC1CCCO1.CO.COC(=O)C(C)C[N+](=O)[O-].COc1ccc(CN2C(=O)[C@@H](C)[C@H]([N+](=O)[O-])C2c2ccc(Cl)s2)cc1.C[C@@H]1C(=O)NC(c2ccc(Cl)s2)[C@H]1[N+](=O)[O-].C[C@@H]1C(=O)N[C@H](c2ccc(Cl)s2)[C@H]1N.C[C@@H]1C(=O)N[C@H](c2ccc(Cl)s2)[C@H]1NC(=O)OCc1ccccc1.O=C(Cl)OCc1ccccc1.O=Cc1ccc(Cl)s1. The van der Waals surface area contributed by atoms with Crippen LogP contribution in [0.4, 0.5) is 9.59 Å². The molecule has 10 heterocycles. The summed E-state index contributed by atoms with van der Waals surface area (Å²) in [5.74, 6) is -2.82. The van der Waals surface area contributed by atoms with E-state index in [1.54, 1.807) is 87.4 Å². The molecule has 13 rings (SSSR count). The van der Waals surface area contributed by atoms with Gasteiger partial charge < -0.3 is 60.7 Å². The van der Waals surface area contributed by atoms with Gasteiger partial charge in [-0.2, -0.15) is 0 Å². The minimum Gasteiger partial charge on any atom is -0.497 e. The van der Waals surface area contributed by atoms with Crippen LogP contribution in [-0.2, 0) is 62.7 Å². The molecule has 5 saturated heterocycles. The Kier molecular flexibility index (Phi) is 42.0. The van der Waals surface area contributed by atoms with Crippen molar-refractivity contribution in [2.45, 2.75) is 129 Å². The summed E-state index contributed by atoms with van der Waals surface area (Å²) in [7, 11) is 3.79. The molecule has 0 bridgehead atoms. The maximum absolute atomic E-state index is 12.7. The van der Waals surface area contributed by atoms with Gasteiger partial charge >= 0.3 is 17.5 Å². The maximum atomic E-state index is 12.7. The number of hydrogen-bond acceptors (Lipinski definition) is 26. The van der Waals surface area contributed by atoms with Gasteiger partial charge in [0.05, 0.1) is 76.8 Å². The van der Waals surface area contributed by atoms with Crippen LogP contribution in [0.1, 0.15) is 124 Å². The fourth-order valence-corrected chi connectivity index (χ4v) is 17.3. The molecule has 0 aliphatic carbocycles. The van der Waals surface area contributed by atoms with Crippen LogP contribution in [0, 0.1) is 59.9 Å². The van der Waals surface area contributed by atoms with Crippen LogP contribution in [0.5, 0.6) is 5.75 Å². The lowest BCUT2D eigenvalue weighted by molar-refractivity contribution is -0.532. The second-order valence-corrected chi connectivity index (χ2v) is 34.9. The number of nitrogens with two attached hydrogens (primary N) is 1. The molecule has 7 N–H and O–H groups in total. The number of nitrogens with zero attached hydrogens (tertiary/aromatic N) is 4. The van der Waals surface area contributed by atoms with Crippen molar-refractivity contribution in [2.24, 2.45) is 35.3 Å². The first-order valence-electron chi connectivity index (χ1n) is 35.3. The lowest BCUT2D eigenvalue weighted by Gasteiger charge is -2.24. The number of benzene rings is 3. The molecule has 628 valence electrons. The van der Waals surface area contributed by atoms with Crippen LogP contribution >= 0.6 is 126 Å². The molecule has 5 fully saturated rings. The molecule has 8 aromatic rings. The summed E-state index contributed by atoms with van der Waals surface area (Å²) in [5, 5.41) is 50.6. The van der Waals surface area contributed by atoms with E-state index in [4.69, 9.17) is 94.7 Å². The highest BCUT2D eigenvalue weighted by Gasteiger charge is 2.54. The van der Waals surface area contributed by atoms with Crippen LogP contribution in [0.2, 0.25) is 21.7 Å². The number of nitrogens with one attached hydrogen (secondary N) is 4. The molecule has 3 aromatic carbocycles. The third-order valence-electron chi connectivity index (χ3n) is 17.9. The molecule has 5 aliphatic heterocycles. The summed E-state index contributed by atoms with van der Waals surface area (Å²) in [6.45, 7) is 11.7. The van der Waals surface area contributed by atoms with Crippen LogP contribution in [0.15, 0.2) is 146 Å². The molecule has 0 saturated carbocycles. The molecule has 0 radical (unpaired) electrons. The Morgan fingerprint density at radius 2 is 1.06 bits per heavy atom. The van der Waals surface area contributed by atoms with Crippen LogP contribution < -0.4 is 31.7 Å². The van der Waals surface area contributed by atoms with Gasteiger partial charge in [-0.1, -0.05) is 145 Å². The predicted octanol–water partition coefficient (Wildman–Crippen LogP) is 16.3. The monoisotopic (exact) mass is 1820 g/mol. The van der Waals surface area contributed by atoms with Crippen molar-refractivity contribution in [3.05, 3.63) is 239 Å². The van der Waals surface area contributed by atoms with Gasteiger partial charge in [0, 0.05) is 72.2 Å². The van der Waals surface area contributed by atoms with Gasteiger partial charge in [-0.15, -0.1) is 56.7 Å². The quantitative estimate of drug-likeness (QED) is 0.0116. The molecular weight excluding hydrogens is 1730 g/mol. The predicted molar refractivity (Wildman–Crippen MR) is 449 cm³/mol. The lowest BCUT2D eigenvalue weighted by atomic mass is 9.99. The molecule has 116 heavy (non-hydrogen) atoms. The number of hydrogen-bond donors (Lipinski definition) is 6. The summed E-state index contributed by atoms with van der Waals surface area (Å²) in [5.41, 5.74) is 7.89. The van der Waals surface area contributed by atoms with E-state index >= 15 is 0 Å². The average molecular weight is 1820 g/mol. The highest BCUT2D eigenvalue weighted by Crippen LogP contribution is 2.44. The third kappa shape index (κ3) is 30.8. The molecular formula is C76H87Cl6N9O20S5. The number of halogens is 6. The van der Waals surface area contributed by atoms with E-state index < -0.39 is 69.3 Å². The maximum Gasteiger partial charge on any atom is 0.407 e. The van der Waals surface area contributed by atoms with Gasteiger partial charge in [0.2, 0.25) is 42.3 Å². The molecule has 14 atom stereocenters. The fraction of sp³-hybridized carbons (Fsp3) is 0.395. The van der Waals surface area contributed by atoms with Crippen molar-refractivity contribution < 1.29 is 81.9 Å². The van der Waals surface area contributed by atoms with E-state index in [9.17, 15) is 68.7 Å². The number of aldehydes is 1. The van der Waals surface area contributed by atoms with Crippen molar-refractivity contribution >= 4 is 174 Å². The highest BCUT2D eigenvalue weighted by atomic mass is 35.5. The summed E-state index contributed by atoms with van der Waals surface area (Å²) < 4.78 is 27.5. The number of carbonyl (C=O) groups is 8. The van der Waals surface area contributed by atoms with Crippen LogP contribution in [0.25, 0.3) is 0 Å². The van der Waals surface area contributed by atoms with E-state index in [2.05, 4.69) is 37.7 Å². The Morgan fingerprint density at radius 3 is 1.46 bits per heavy atom. The zero-order valence-electron chi connectivity index (χ0n) is 63.8. The third-order valence-corrected chi connectivity index (χ3v) is 24.4. The zero-order valence-corrected chi connectivity index (χ0v) is 72.5. The molecule has 40 heteroatoms. The smallest absolute Gasteiger partial charge is 0.407 e. The molecule has 5 aromatic heterocycles. The molecule has 29 nitrogen and oxygen atoms in total. The topological polar surface area (TPSA) is 410 Å². The zero-order chi connectivity index (χ0) is 86.0. The van der Waals surface area contributed by atoms with Gasteiger partial charge in [-0.25, -0.2) is 9.59 Å². The summed E-state index contributed by atoms with van der Waals surface area (Å²) in [6.07, 6.45) is 3.32. The van der Waals surface area contributed by atoms with E-state index in [0.717, 1.165) is 66.3 Å². The van der Waals surface area contributed by atoms with Crippen LogP contribution in [0.3, 0.4) is 0 Å². The number of nitro groups is 3. The number of ether oxygens (including phenoxy) is 5. The number of methoxy groups -OCH3 is 2. The number of alkyl carbamates (subject to hydrolysis) is 1. The highest BCUT2D eigenvalue weighted by molar-refractivity contribution is 7.18. The molecule has 5 amide bonds. The summed E-state index contributed by atoms with van der Waals surface area (Å²) in [4.78, 5) is 127. The second-order valence-electron chi connectivity index (χ2n) is 25.8. The molecule has 0 spiro atoms. The lowest BCUT2D eigenvalue weighted by Crippen LogP contribution is -2.41. The van der Waals surface area contributed by atoms with E-state index in [-0.39, 0.29) is 84.3 Å². The van der Waals surface area contributed by atoms with E-state index in [0.29, 0.717) is 34.9 Å². The Hall–Kier alpha value is -8.46. The van der Waals surface area contributed by atoms with Crippen molar-refractivity contribution in [1.82, 2.24) is 26.2 Å². The Balaban J connectivity index is 0.000000245. The van der Waals surface area contributed by atoms with Crippen molar-refractivity contribution in [3.63, 3.8) is 0 Å². The van der Waals surface area contributed by atoms with E-state index in [1.165, 1.54) is 83.6 Å². The first-order valence-corrected chi connectivity index (χ1v) is 41.7. The largest absolute Gasteiger partial charge is 0.497 e. The van der Waals surface area contributed by atoms with Gasteiger partial charge in [0.15, 0.2) is 6.29 Å². The van der Waals surface area contributed by atoms with Gasteiger partial charge in [-0.3, -0.25) is 59.1 Å². The number of aliphatic hydroxyl groups excluding tert-OH is 1. The Morgan fingerprint density at radius 1 is 0.603 bits per heavy atom. The van der Waals surface area contributed by atoms with Crippen molar-refractivity contribution in [2.75, 3.05) is 34.5 Å². The number of carbonyl (C=O) groups excluding carboxylic acids is 8. The van der Waals surface area contributed by atoms with Gasteiger partial charge in [0.25, 0.3) is 0 Å². The Bertz CT molecular complexity index is 4500. The number of esters is 1. The second kappa shape index (κ2) is 49.7. The van der Waals surface area contributed by atoms with Crippen molar-refractivity contribution in [3.8, 4) is 5.75 Å². The summed E-state index contributed by atoms with van der Waals surface area (Å²) in [6, 6.07) is 39.8. The number of aliphatic hydroxyl groups is 1. The molecule has 4 unspecified atom stereocenters. The van der Waals surface area contributed by atoms with E-state index in [1.807, 2.05) is 97.9 Å². The fourth-order valence-electron chi connectivity index (χ4n) is 11.7. The summed E-state index contributed by atoms with van der Waals surface area (Å²) >= 11 is 40.7. The average Bonchev–Trinajstić information content (AvgIpc) is 1.62. The minimum absolute atomic E-state index is 0.0204. The number of rotatable bonds is 18. The van der Waals surface area contributed by atoms with Crippen molar-refractivity contribution in [1.29, 1.82) is 0 Å². The first-order chi connectivity index (χ1) is 55.1. The Labute approximate surface area is 719 Å². The van der Waals surface area contributed by atoms with Gasteiger partial charge in [0.1, 0.15) is 48.8 Å². The molecule has 5 aliphatic rings. The standard InChI is InChI=1S/C17H17ClN2O4S.C17H17ClN2O3S.C9H9ClN2O3S.C9H11ClN2OS.C8H7ClO2.C5H3ClOS.C5H9NO4.C5H10O.CH4O/c1-10-15(20(22)23)16(13-7-8-14(18)25-13)19(17(10)21)9-11-3-5-12(24-2)6-4-11;1-10-14(15(19-16(10)21)12-7-8-13(18)24-12)20-17(22)23-9-11-5-3-2-4-6-11;1-4-8(12(14)15)7(11-9(4)13)5-2-3-6(10)16-5;1-4-7(11)8(12-9(4)13)5-2-3-6(10)14-5;9-8(10)11-6-7-4-2-1-3-5-7;6-5-2-1-4(3-7)8-5;1-4(3-6(8)9)5(7)10-2;1-5-3-2-4-6-5;1-2/h3-8,10,15-16H,9H2,1-2H3;2-8,10,14-15H,9H2,1H3,(H,19,21)(H,20,22);2-4,7-8H,1H3,(H,11,13);2-4,7-8H,11H2,1H3,(H,12,13);1-5H,6H2;1-3H;4H,3H2,1-2H3;5H,2-4H2,1H3;2H,1H3/t10-,15-,16?;10-,14-,15+;4-,7?,8-;4-,7-,8+;;;;;/m0000...../s1.